The molecule has 2 nitrogen and oxygen atoms in total. The standard InChI is InChI=1S/C14H21NO/c1-11-5-4-8-15(12(11)2)10-13-6-3-7-14(16)9-13/h3,6-7,9,11-12,16H,4-5,8,10H2,1-2H3. The van der Waals surface area contributed by atoms with E-state index in [4.69, 9.17) is 0 Å². The molecular formula is C14H21NO. The lowest BCUT2D eigenvalue weighted by Gasteiger charge is -2.37. The van der Waals surface area contributed by atoms with Crippen LogP contribution in [-0.4, -0.2) is 22.6 Å². The van der Waals surface area contributed by atoms with Crippen LogP contribution in [0.15, 0.2) is 24.3 Å². The van der Waals surface area contributed by atoms with Crippen LogP contribution >= 0.6 is 0 Å². The molecule has 1 N–H and O–H groups in total. The predicted molar refractivity (Wildman–Crippen MR) is 66.4 cm³/mol. The highest BCUT2D eigenvalue weighted by molar-refractivity contribution is 5.27. The maximum absolute atomic E-state index is 9.44. The molecule has 1 heterocycles. The van der Waals surface area contributed by atoms with E-state index in [0.29, 0.717) is 11.8 Å². The van der Waals surface area contributed by atoms with Gasteiger partial charge in [-0.25, -0.2) is 0 Å². The van der Waals surface area contributed by atoms with Crippen LogP contribution in [0, 0.1) is 5.92 Å². The molecular weight excluding hydrogens is 198 g/mol. The van der Waals surface area contributed by atoms with Gasteiger partial charge in [0.25, 0.3) is 0 Å². The van der Waals surface area contributed by atoms with Crippen LogP contribution in [0.1, 0.15) is 32.3 Å². The summed E-state index contributed by atoms with van der Waals surface area (Å²) < 4.78 is 0. The van der Waals surface area contributed by atoms with E-state index in [0.717, 1.165) is 12.5 Å². The van der Waals surface area contributed by atoms with Crippen LogP contribution in [0.2, 0.25) is 0 Å². The molecule has 1 aliphatic rings. The number of likely N-dealkylation sites (tertiary alicyclic amines) is 1. The van der Waals surface area contributed by atoms with Gasteiger partial charge in [0.1, 0.15) is 5.75 Å². The van der Waals surface area contributed by atoms with Crippen molar-refractivity contribution in [2.24, 2.45) is 5.92 Å². The lowest BCUT2D eigenvalue weighted by Crippen LogP contribution is -2.41. The van der Waals surface area contributed by atoms with Crippen LogP contribution in [0.3, 0.4) is 0 Å². The molecule has 0 amide bonds. The molecule has 0 aliphatic carbocycles. The fraction of sp³-hybridized carbons (Fsp3) is 0.571. The Kier molecular flexibility index (Phi) is 3.49. The number of hydrogen-bond donors (Lipinski definition) is 1. The largest absolute Gasteiger partial charge is 0.508 e. The van der Waals surface area contributed by atoms with Gasteiger partial charge in [-0.05, 0) is 49.9 Å². The summed E-state index contributed by atoms with van der Waals surface area (Å²) in [5.41, 5.74) is 1.21. The average molecular weight is 219 g/mol. The van der Waals surface area contributed by atoms with Gasteiger partial charge in [-0.1, -0.05) is 19.1 Å². The number of nitrogens with zero attached hydrogens (tertiary/aromatic N) is 1. The van der Waals surface area contributed by atoms with E-state index in [1.54, 1.807) is 6.07 Å². The molecule has 0 bridgehead atoms. The Labute approximate surface area is 97.9 Å². The molecule has 16 heavy (non-hydrogen) atoms. The molecule has 2 unspecified atom stereocenters. The molecule has 2 atom stereocenters. The van der Waals surface area contributed by atoms with Crippen LogP contribution in [0.25, 0.3) is 0 Å². The van der Waals surface area contributed by atoms with E-state index < -0.39 is 0 Å². The zero-order valence-corrected chi connectivity index (χ0v) is 10.2. The van der Waals surface area contributed by atoms with Crippen LogP contribution < -0.4 is 0 Å². The number of hydrogen-bond acceptors (Lipinski definition) is 2. The Morgan fingerprint density at radius 3 is 2.94 bits per heavy atom. The third kappa shape index (κ3) is 2.56. The zero-order valence-electron chi connectivity index (χ0n) is 10.2. The van der Waals surface area contributed by atoms with Gasteiger partial charge in [-0.3, -0.25) is 4.90 Å². The molecule has 2 heteroatoms. The van der Waals surface area contributed by atoms with Gasteiger partial charge in [0.05, 0.1) is 0 Å². The summed E-state index contributed by atoms with van der Waals surface area (Å²) in [7, 11) is 0. The first-order valence-electron chi connectivity index (χ1n) is 6.19. The van der Waals surface area contributed by atoms with Gasteiger partial charge in [-0.2, -0.15) is 0 Å². The number of aromatic hydroxyl groups is 1. The third-order valence-corrected chi connectivity index (χ3v) is 3.80. The Hall–Kier alpha value is -1.02. The van der Waals surface area contributed by atoms with Gasteiger partial charge >= 0.3 is 0 Å². The monoisotopic (exact) mass is 219 g/mol. The lowest BCUT2D eigenvalue weighted by molar-refractivity contribution is 0.106. The minimum Gasteiger partial charge on any atom is -0.508 e. The zero-order chi connectivity index (χ0) is 11.5. The summed E-state index contributed by atoms with van der Waals surface area (Å²) in [5.74, 6) is 1.15. The fourth-order valence-electron chi connectivity index (χ4n) is 2.53. The second-order valence-corrected chi connectivity index (χ2v) is 5.00. The Balaban J connectivity index is 2.03. The summed E-state index contributed by atoms with van der Waals surface area (Å²) in [6.07, 6.45) is 2.64. The van der Waals surface area contributed by atoms with Crippen molar-refractivity contribution in [1.29, 1.82) is 0 Å². The van der Waals surface area contributed by atoms with Gasteiger partial charge in [0.15, 0.2) is 0 Å². The van der Waals surface area contributed by atoms with E-state index >= 15 is 0 Å². The predicted octanol–water partition coefficient (Wildman–Crippen LogP) is 3.01. The Bertz CT molecular complexity index is 350. The van der Waals surface area contributed by atoms with Crippen molar-refractivity contribution in [3.63, 3.8) is 0 Å². The van der Waals surface area contributed by atoms with Crippen molar-refractivity contribution in [3.8, 4) is 5.75 Å². The topological polar surface area (TPSA) is 23.5 Å². The van der Waals surface area contributed by atoms with Gasteiger partial charge in [0.2, 0.25) is 0 Å². The van der Waals surface area contributed by atoms with Crippen molar-refractivity contribution >= 4 is 0 Å². The van der Waals surface area contributed by atoms with Crippen molar-refractivity contribution in [1.82, 2.24) is 4.90 Å². The van der Waals surface area contributed by atoms with Crippen LogP contribution in [0.4, 0.5) is 0 Å². The van der Waals surface area contributed by atoms with Crippen LogP contribution in [0.5, 0.6) is 5.75 Å². The molecule has 0 aromatic heterocycles. The molecule has 0 saturated carbocycles. The first-order valence-corrected chi connectivity index (χ1v) is 6.19. The first-order chi connectivity index (χ1) is 7.66. The van der Waals surface area contributed by atoms with Crippen molar-refractivity contribution in [2.75, 3.05) is 6.54 Å². The van der Waals surface area contributed by atoms with Gasteiger partial charge < -0.3 is 5.11 Å². The normalized spacial score (nSPS) is 26.9. The first kappa shape index (κ1) is 11.5. The summed E-state index contributed by atoms with van der Waals surface area (Å²) >= 11 is 0. The SMILES string of the molecule is CC1CCCN(Cc2cccc(O)c2)C1C. The van der Waals surface area contributed by atoms with E-state index in [1.807, 2.05) is 12.1 Å². The maximum atomic E-state index is 9.44. The molecule has 88 valence electrons. The lowest BCUT2D eigenvalue weighted by atomic mass is 9.92. The average Bonchev–Trinajstić information content (AvgIpc) is 2.25. The number of piperidine rings is 1. The molecule has 0 spiro atoms. The van der Waals surface area contributed by atoms with E-state index in [9.17, 15) is 5.11 Å². The molecule has 1 aromatic rings. The van der Waals surface area contributed by atoms with E-state index in [1.165, 1.54) is 24.9 Å². The quantitative estimate of drug-likeness (QED) is 0.826. The smallest absolute Gasteiger partial charge is 0.115 e. The number of benzene rings is 1. The number of phenols is 1. The molecule has 0 radical (unpaired) electrons. The molecule has 1 aromatic carbocycles. The number of phenolic OH excluding ortho intramolecular Hbond substituents is 1. The summed E-state index contributed by atoms with van der Waals surface area (Å²) in [6.45, 7) is 6.78. The third-order valence-electron chi connectivity index (χ3n) is 3.80. The van der Waals surface area contributed by atoms with Crippen molar-refractivity contribution in [2.45, 2.75) is 39.3 Å². The second-order valence-electron chi connectivity index (χ2n) is 5.00. The highest BCUT2D eigenvalue weighted by Gasteiger charge is 2.24. The minimum atomic E-state index is 0.371. The van der Waals surface area contributed by atoms with E-state index in [-0.39, 0.29) is 0 Å². The molecule has 2 rings (SSSR count). The summed E-state index contributed by atoms with van der Waals surface area (Å²) in [4.78, 5) is 2.52. The van der Waals surface area contributed by atoms with Crippen molar-refractivity contribution in [3.05, 3.63) is 29.8 Å². The van der Waals surface area contributed by atoms with Gasteiger partial charge in [-0.15, -0.1) is 0 Å². The van der Waals surface area contributed by atoms with Gasteiger partial charge in [0, 0.05) is 12.6 Å². The minimum absolute atomic E-state index is 0.371. The van der Waals surface area contributed by atoms with Crippen LogP contribution in [-0.2, 0) is 6.54 Å². The van der Waals surface area contributed by atoms with Crippen molar-refractivity contribution < 1.29 is 5.11 Å². The second kappa shape index (κ2) is 4.88. The highest BCUT2D eigenvalue weighted by Crippen LogP contribution is 2.25. The molecule has 1 fully saturated rings. The molecule has 1 saturated heterocycles. The Morgan fingerprint density at radius 1 is 1.38 bits per heavy atom. The maximum Gasteiger partial charge on any atom is 0.115 e. The fourth-order valence-corrected chi connectivity index (χ4v) is 2.53. The summed E-state index contributed by atoms with van der Waals surface area (Å²) in [5, 5.41) is 9.44. The Morgan fingerprint density at radius 2 is 2.19 bits per heavy atom. The highest BCUT2D eigenvalue weighted by atomic mass is 16.3. The summed E-state index contributed by atoms with van der Waals surface area (Å²) in [6, 6.07) is 8.25. The molecule has 1 aliphatic heterocycles. The van der Waals surface area contributed by atoms with E-state index in [2.05, 4.69) is 24.8 Å². The number of rotatable bonds is 2.